The highest BCUT2D eigenvalue weighted by molar-refractivity contribution is 9.10. The maximum Gasteiger partial charge on any atom is 0.0933 e. The molecule has 17 heavy (non-hydrogen) atoms. The Morgan fingerprint density at radius 3 is 3.00 bits per heavy atom. The molecule has 3 nitrogen and oxygen atoms in total. The normalized spacial score (nSPS) is 20.5. The third-order valence-corrected chi connectivity index (χ3v) is 3.70. The second-order valence-electron chi connectivity index (χ2n) is 4.28. The van der Waals surface area contributed by atoms with E-state index in [0.717, 1.165) is 24.2 Å². The van der Waals surface area contributed by atoms with Crippen molar-refractivity contribution in [3.05, 3.63) is 33.8 Å². The zero-order valence-corrected chi connectivity index (χ0v) is 11.6. The number of hydrogen-bond acceptors (Lipinski definition) is 3. The number of hydrogen-bond donors (Lipinski definition) is 1. The first kappa shape index (κ1) is 13.0. The van der Waals surface area contributed by atoms with Gasteiger partial charge in [0.2, 0.25) is 0 Å². The highest BCUT2D eigenvalue weighted by Crippen LogP contribution is 2.16. The summed E-state index contributed by atoms with van der Waals surface area (Å²) in [7, 11) is 0. The van der Waals surface area contributed by atoms with Crippen LogP contribution in [0.5, 0.6) is 0 Å². The largest absolute Gasteiger partial charge is 0.376 e. The highest BCUT2D eigenvalue weighted by Gasteiger charge is 2.13. The summed E-state index contributed by atoms with van der Waals surface area (Å²) >= 11 is 3.50. The predicted octanol–water partition coefficient (Wildman–Crippen LogP) is 2.26. The molecule has 0 saturated carbocycles. The molecule has 1 fully saturated rings. The van der Waals surface area contributed by atoms with Gasteiger partial charge in [-0.3, -0.25) is 0 Å². The van der Waals surface area contributed by atoms with Crippen molar-refractivity contribution in [1.82, 2.24) is 5.32 Å². The van der Waals surface area contributed by atoms with Gasteiger partial charge in [0.25, 0.3) is 0 Å². The fraction of sp³-hybridized carbons (Fsp3) is 0.538. The van der Waals surface area contributed by atoms with Crippen LogP contribution in [0.3, 0.4) is 0 Å². The Morgan fingerprint density at radius 1 is 1.41 bits per heavy atom. The molecule has 1 N–H and O–H groups in total. The van der Waals surface area contributed by atoms with Crippen LogP contribution in [0.4, 0.5) is 0 Å². The standard InChI is InChI=1S/C13H18BrNO2/c1-10-6-11(2-3-13(10)14)7-15-8-12-9-16-4-5-17-12/h2-3,6,12,15H,4-5,7-9H2,1H3. The summed E-state index contributed by atoms with van der Waals surface area (Å²) in [5, 5.41) is 3.40. The van der Waals surface area contributed by atoms with Gasteiger partial charge in [0.05, 0.1) is 25.9 Å². The molecule has 1 aromatic carbocycles. The number of rotatable bonds is 4. The number of aryl methyl sites for hydroxylation is 1. The summed E-state index contributed by atoms with van der Waals surface area (Å²) in [5.41, 5.74) is 2.56. The molecule has 1 aliphatic rings. The first-order valence-electron chi connectivity index (χ1n) is 5.91. The van der Waals surface area contributed by atoms with Gasteiger partial charge in [-0.05, 0) is 24.1 Å². The minimum atomic E-state index is 0.195. The first-order chi connectivity index (χ1) is 8.25. The quantitative estimate of drug-likeness (QED) is 0.925. The van der Waals surface area contributed by atoms with Gasteiger partial charge in [-0.25, -0.2) is 0 Å². The fourth-order valence-corrected chi connectivity index (χ4v) is 2.10. The van der Waals surface area contributed by atoms with Gasteiger partial charge in [-0.2, -0.15) is 0 Å². The van der Waals surface area contributed by atoms with Crippen molar-refractivity contribution in [2.45, 2.75) is 19.6 Å². The molecule has 0 spiro atoms. The molecule has 1 heterocycles. The summed E-state index contributed by atoms with van der Waals surface area (Å²) in [6.45, 7) is 5.95. The predicted molar refractivity (Wildman–Crippen MR) is 71.1 cm³/mol. The van der Waals surface area contributed by atoms with Crippen molar-refractivity contribution in [3.63, 3.8) is 0 Å². The van der Waals surface area contributed by atoms with Crippen LogP contribution in [0, 0.1) is 6.92 Å². The van der Waals surface area contributed by atoms with Crippen LogP contribution < -0.4 is 5.32 Å². The fourth-order valence-electron chi connectivity index (χ4n) is 1.85. The summed E-state index contributed by atoms with van der Waals surface area (Å²) in [6.07, 6.45) is 0.195. The van der Waals surface area contributed by atoms with Crippen molar-refractivity contribution in [3.8, 4) is 0 Å². The summed E-state index contributed by atoms with van der Waals surface area (Å²) in [5.74, 6) is 0. The Bertz CT molecular complexity index is 364. The summed E-state index contributed by atoms with van der Waals surface area (Å²) < 4.78 is 12.1. The lowest BCUT2D eigenvalue weighted by Gasteiger charge is -2.23. The van der Waals surface area contributed by atoms with E-state index >= 15 is 0 Å². The van der Waals surface area contributed by atoms with Gasteiger partial charge in [0.1, 0.15) is 0 Å². The maximum absolute atomic E-state index is 5.56. The van der Waals surface area contributed by atoms with Crippen LogP contribution in [0.25, 0.3) is 0 Å². The maximum atomic E-state index is 5.56. The monoisotopic (exact) mass is 299 g/mol. The zero-order valence-electron chi connectivity index (χ0n) is 10.0. The molecular formula is C13H18BrNO2. The van der Waals surface area contributed by atoms with Gasteiger partial charge in [-0.1, -0.05) is 28.1 Å². The molecule has 0 radical (unpaired) electrons. The van der Waals surface area contributed by atoms with E-state index in [-0.39, 0.29) is 6.10 Å². The second kappa shape index (κ2) is 6.50. The van der Waals surface area contributed by atoms with E-state index < -0.39 is 0 Å². The Labute approximate surface area is 111 Å². The molecule has 1 aromatic rings. The molecule has 94 valence electrons. The third kappa shape index (κ3) is 4.07. The minimum Gasteiger partial charge on any atom is -0.376 e. The lowest BCUT2D eigenvalue weighted by atomic mass is 10.1. The number of halogens is 1. The van der Waals surface area contributed by atoms with E-state index in [4.69, 9.17) is 9.47 Å². The molecule has 0 aliphatic carbocycles. The molecule has 0 aromatic heterocycles. The smallest absolute Gasteiger partial charge is 0.0933 e. The molecule has 1 unspecified atom stereocenters. The van der Waals surface area contributed by atoms with Gasteiger partial charge >= 0.3 is 0 Å². The van der Waals surface area contributed by atoms with Gasteiger partial charge in [0.15, 0.2) is 0 Å². The van der Waals surface area contributed by atoms with Crippen LogP contribution in [-0.4, -0.2) is 32.5 Å². The lowest BCUT2D eigenvalue weighted by molar-refractivity contribution is -0.0864. The third-order valence-electron chi connectivity index (χ3n) is 2.81. The number of benzene rings is 1. The first-order valence-corrected chi connectivity index (χ1v) is 6.70. The average Bonchev–Trinajstić information content (AvgIpc) is 2.35. The van der Waals surface area contributed by atoms with E-state index in [0.29, 0.717) is 13.2 Å². The van der Waals surface area contributed by atoms with Crippen LogP contribution in [-0.2, 0) is 16.0 Å². The van der Waals surface area contributed by atoms with Crippen molar-refractivity contribution in [2.24, 2.45) is 0 Å². The van der Waals surface area contributed by atoms with E-state index in [1.807, 2.05) is 0 Å². The van der Waals surface area contributed by atoms with Gasteiger partial charge < -0.3 is 14.8 Å². The Balaban J connectivity index is 1.75. The molecule has 2 rings (SSSR count). The van der Waals surface area contributed by atoms with Crippen LogP contribution in [0.2, 0.25) is 0 Å². The summed E-state index contributed by atoms with van der Waals surface area (Å²) in [4.78, 5) is 0. The SMILES string of the molecule is Cc1cc(CNCC2COCCO2)ccc1Br. The molecule has 1 saturated heterocycles. The van der Waals surface area contributed by atoms with Crippen LogP contribution in [0.15, 0.2) is 22.7 Å². The summed E-state index contributed by atoms with van der Waals surface area (Å²) in [6, 6.07) is 6.41. The topological polar surface area (TPSA) is 30.5 Å². The zero-order chi connectivity index (χ0) is 12.1. The van der Waals surface area contributed by atoms with E-state index in [1.54, 1.807) is 0 Å². The van der Waals surface area contributed by atoms with Crippen molar-refractivity contribution < 1.29 is 9.47 Å². The number of nitrogens with one attached hydrogen (secondary N) is 1. The molecule has 0 amide bonds. The second-order valence-corrected chi connectivity index (χ2v) is 5.14. The van der Waals surface area contributed by atoms with Gasteiger partial charge in [-0.15, -0.1) is 0 Å². The Hall–Kier alpha value is -0.420. The lowest BCUT2D eigenvalue weighted by Crippen LogP contribution is -2.37. The van der Waals surface area contributed by atoms with Crippen molar-refractivity contribution in [1.29, 1.82) is 0 Å². The van der Waals surface area contributed by atoms with Crippen LogP contribution >= 0.6 is 15.9 Å². The van der Waals surface area contributed by atoms with Gasteiger partial charge in [0, 0.05) is 17.6 Å². The number of ether oxygens (including phenoxy) is 2. The average molecular weight is 300 g/mol. The van der Waals surface area contributed by atoms with Crippen LogP contribution in [0.1, 0.15) is 11.1 Å². The van der Waals surface area contributed by atoms with Crippen molar-refractivity contribution >= 4 is 15.9 Å². The molecule has 1 atom stereocenters. The Morgan fingerprint density at radius 2 is 2.29 bits per heavy atom. The molecule has 0 bridgehead atoms. The minimum absolute atomic E-state index is 0.195. The molecule has 1 aliphatic heterocycles. The highest BCUT2D eigenvalue weighted by atomic mass is 79.9. The molecule has 4 heteroatoms. The van der Waals surface area contributed by atoms with E-state index in [2.05, 4.69) is 46.4 Å². The molecular weight excluding hydrogens is 282 g/mol. The Kier molecular flexibility index (Phi) is 4.98. The van der Waals surface area contributed by atoms with Crippen molar-refractivity contribution in [2.75, 3.05) is 26.4 Å². The van der Waals surface area contributed by atoms with E-state index in [1.165, 1.54) is 11.1 Å². The van der Waals surface area contributed by atoms with E-state index in [9.17, 15) is 0 Å².